The zero-order valence-electron chi connectivity index (χ0n) is 72.9. The van der Waals surface area contributed by atoms with Crippen LogP contribution in [0.4, 0.5) is 0 Å². The summed E-state index contributed by atoms with van der Waals surface area (Å²) in [6.07, 6.45) is 12.7. The molecule has 2 aromatic heterocycles. The van der Waals surface area contributed by atoms with Crippen molar-refractivity contribution in [1.29, 1.82) is 0 Å². The lowest BCUT2D eigenvalue weighted by Crippen LogP contribution is -2.59. The second kappa shape index (κ2) is 46.8. The molecule has 1 saturated heterocycles. The number of thioether (sulfide) groups is 1. The Morgan fingerprint density at radius 3 is 1.75 bits per heavy atom. The summed E-state index contributed by atoms with van der Waals surface area (Å²) >= 11 is 1.46. The number of H-pyrrole nitrogens is 2. The summed E-state index contributed by atoms with van der Waals surface area (Å²) in [5.41, 5.74) is 13.1. The Hall–Kier alpha value is -9.96. The number of ketones is 1. The first-order valence-electron chi connectivity index (χ1n) is 43.4. The fourth-order valence-corrected chi connectivity index (χ4v) is 19.6. The molecule has 38 nitrogen and oxygen atoms in total. The van der Waals surface area contributed by atoms with Crippen molar-refractivity contribution >= 4 is 117 Å². The number of aromatic amines is 2. The van der Waals surface area contributed by atoms with E-state index in [-0.39, 0.29) is 189 Å². The number of Topliss-reactive ketones (excluding diaryl/α,β-unsaturated/α-hetero) is 1. The molecule has 39 heteroatoms. The predicted octanol–water partition coefficient (Wildman–Crippen LogP) is -0.257. The van der Waals surface area contributed by atoms with Crippen LogP contribution < -0.4 is 64.6 Å². The van der Waals surface area contributed by atoms with Crippen molar-refractivity contribution in [3.8, 4) is 0 Å². The molecule has 0 radical (unpaired) electrons. The number of primary amides is 1. The van der Waals surface area contributed by atoms with E-state index in [0.717, 1.165) is 49.4 Å². The fourth-order valence-electron chi connectivity index (χ4n) is 19.1. The zero-order chi connectivity index (χ0) is 90.9. The molecular weight excluding hydrogens is 1620 g/mol. The summed E-state index contributed by atoms with van der Waals surface area (Å²) in [5.74, 6) is -10.4. The molecule has 3 heterocycles. The molecule has 0 bridgehead atoms. The van der Waals surface area contributed by atoms with Gasteiger partial charge < -0.3 is 84.6 Å². The van der Waals surface area contributed by atoms with E-state index >= 15 is 0 Å². The molecule has 0 unspecified atom stereocenters. The van der Waals surface area contributed by atoms with Gasteiger partial charge in [-0.25, -0.2) is 4.98 Å². The number of rotatable bonds is 43. The van der Waals surface area contributed by atoms with Crippen LogP contribution in [-0.2, 0) is 89.6 Å². The van der Waals surface area contributed by atoms with Gasteiger partial charge in [0.25, 0.3) is 0 Å². The van der Waals surface area contributed by atoms with Crippen LogP contribution in [0.1, 0.15) is 157 Å². The number of imide groups is 1. The lowest BCUT2D eigenvalue weighted by atomic mass is 9.44. The minimum absolute atomic E-state index is 0.00226. The van der Waals surface area contributed by atoms with E-state index in [9.17, 15) is 92.0 Å². The Morgan fingerprint density at radius 1 is 0.589 bits per heavy atom. The normalized spacial score (nSPS) is 23.5. The molecule has 19 N–H and O–H groups in total. The topological polar surface area (TPSA) is 564 Å². The summed E-state index contributed by atoms with van der Waals surface area (Å²) in [6, 6.07) is -1.55. The third-order valence-electron chi connectivity index (χ3n) is 26.0. The number of carbonyl (C=O) groups excluding carboxylic acids is 13. The van der Waals surface area contributed by atoms with Gasteiger partial charge in [0.2, 0.25) is 70.9 Å². The number of hydrogen-bond donors (Lipinski definition) is 17. The van der Waals surface area contributed by atoms with Crippen LogP contribution in [0.25, 0.3) is 10.9 Å². The fraction of sp³-hybridized carbons (Fsp3) is 0.682. The van der Waals surface area contributed by atoms with Crippen molar-refractivity contribution in [1.82, 2.24) is 87.7 Å². The van der Waals surface area contributed by atoms with Gasteiger partial charge in [-0.15, -0.1) is 0 Å². The van der Waals surface area contributed by atoms with Gasteiger partial charge in [0, 0.05) is 125 Å². The Kier molecular flexibility index (Phi) is 37.6. The molecule has 0 spiro atoms. The van der Waals surface area contributed by atoms with E-state index < -0.39 is 143 Å². The molecule has 8 rings (SSSR count). The molecule has 686 valence electrons. The van der Waals surface area contributed by atoms with Crippen molar-refractivity contribution in [2.75, 3.05) is 104 Å². The Labute approximate surface area is 727 Å². The second-order valence-electron chi connectivity index (χ2n) is 35.6. The average molecular weight is 1760 g/mol. The van der Waals surface area contributed by atoms with Gasteiger partial charge in [-0.2, -0.15) is 11.8 Å². The van der Waals surface area contributed by atoms with Crippen LogP contribution in [0.5, 0.6) is 0 Å². The number of benzene rings is 1. The number of hydrogen-bond acceptors (Lipinski definition) is 23. The van der Waals surface area contributed by atoms with Crippen LogP contribution in [0.3, 0.4) is 0 Å². The van der Waals surface area contributed by atoms with Crippen LogP contribution in [0.15, 0.2) is 43.0 Å². The molecule has 5 fully saturated rings. The highest BCUT2D eigenvalue weighted by Gasteiger charge is 2.64. The largest absolute Gasteiger partial charge is 0.480 e. The molecule has 3 aromatic rings. The molecule has 12 amide bonds. The first-order valence-corrected chi connectivity index (χ1v) is 44.8. The molecule has 1 aromatic carbocycles. The molecule has 16 atom stereocenters. The number of amides is 12. The zero-order valence-corrected chi connectivity index (χ0v) is 73.7. The van der Waals surface area contributed by atoms with E-state index in [1.165, 1.54) is 31.2 Å². The maximum atomic E-state index is 14.9. The second-order valence-corrected chi connectivity index (χ2v) is 36.6. The number of fused-ring (bicyclic) bond motifs is 6. The summed E-state index contributed by atoms with van der Waals surface area (Å²) < 4.78 is 0. The number of aliphatic carboxylic acids is 3. The Morgan fingerprint density at radius 2 is 1.16 bits per heavy atom. The van der Waals surface area contributed by atoms with E-state index in [1.54, 1.807) is 45.7 Å². The summed E-state index contributed by atoms with van der Waals surface area (Å²) in [6.45, 7) is 14.7. The van der Waals surface area contributed by atoms with Crippen LogP contribution >= 0.6 is 11.8 Å². The van der Waals surface area contributed by atoms with Crippen LogP contribution in [-0.4, -0.2) is 296 Å². The third kappa shape index (κ3) is 28.8. The van der Waals surface area contributed by atoms with Gasteiger partial charge in [-0.3, -0.25) is 102 Å². The summed E-state index contributed by atoms with van der Waals surface area (Å²) in [4.78, 5) is 230. The minimum atomic E-state index is -1.35. The van der Waals surface area contributed by atoms with Crippen LogP contribution in [0.2, 0.25) is 0 Å². The van der Waals surface area contributed by atoms with Crippen molar-refractivity contribution < 1.29 is 92.0 Å². The molecule has 5 aliphatic rings. The van der Waals surface area contributed by atoms with Gasteiger partial charge >= 0.3 is 17.9 Å². The number of nitrogens with one attached hydrogen (secondary N) is 12. The van der Waals surface area contributed by atoms with Gasteiger partial charge in [-0.05, 0) is 154 Å². The van der Waals surface area contributed by atoms with Gasteiger partial charge in [-0.1, -0.05) is 66.7 Å². The lowest BCUT2D eigenvalue weighted by molar-refractivity contribution is -0.158. The van der Waals surface area contributed by atoms with E-state index in [1.807, 2.05) is 38.3 Å². The number of carboxylic acids is 3. The van der Waals surface area contributed by atoms with Crippen LogP contribution in [0, 0.1) is 58.2 Å². The molecule has 1 aliphatic heterocycles. The highest BCUT2D eigenvalue weighted by atomic mass is 32.2. The first-order chi connectivity index (χ1) is 58.7. The first kappa shape index (κ1) is 99.5. The highest BCUT2D eigenvalue weighted by Crippen LogP contribution is 2.67. The monoisotopic (exact) mass is 1750 g/mol. The molecule has 124 heavy (non-hydrogen) atoms. The Bertz CT molecular complexity index is 4210. The van der Waals surface area contributed by atoms with Gasteiger partial charge in [0.05, 0.1) is 51.6 Å². The van der Waals surface area contributed by atoms with Gasteiger partial charge in [0.15, 0.2) is 0 Å². The number of nitrogens with zero attached hydrogens (tertiary/aromatic N) is 5. The molecular formula is C85H131N19O19S. The smallest absolute Gasteiger partial charge is 0.317 e. The number of para-hydroxylation sites is 1. The van der Waals surface area contributed by atoms with E-state index in [2.05, 4.69) is 88.9 Å². The SMILES string of the molecule is CSCC[C@H](NC(=O)[C@H](CC(C)C)NC(=O)[C@H](Cc1cnc[nH]1)NC(=O)CNC(=O)[C@@H](NC(=O)[C@H](C)NC(=O)[C@H](Cc1c[nH]c2ccccc12)NC(=O)[C@@H](N)CCC(=O)NC(=O)CC[C@@H](C)[C@H]1CC[C@H]2[C@@H]3CC[C@@H]4C[C@@H](NC(=O)CNC(=O)CN5CCN(CC(=O)O)CCN(CC(=O)O)CCN(CC(=O)O)CC5)CC[C@]4(C)[C@H]3CC(=O)[C@]12C)C(C)C)C(N)=O. The number of carbonyl (C=O) groups is 16. The van der Waals surface area contributed by atoms with Crippen molar-refractivity contribution in [2.24, 2.45) is 69.6 Å². The molecule has 4 saturated carbocycles. The lowest BCUT2D eigenvalue weighted by Gasteiger charge is -2.60. The van der Waals surface area contributed by atoms with Crippen molar-refractivity contribution in [3.63, 3.8) is 0 Å². The quantitative estimate of drug-likeness (QED) is 0.0347. The van der Waals surface area contributed by atoms with E-state index in [4.69, 9.17) is 11.5 Å². The van der Waals surface area contributed by atoms with E-state index in [0.29, 0.717) is 42.2 Å². The summed E-state index contributed by atoms with van der Waals surface area (Å²) in [7, 11) is 0. The van der Waals surface area contributed by atoms with Gasteiger partial charge in [0.1, 0.15) is 42.0 Å². The highest BCUT2D eigenvalue weighted by molar-refractivity contribution is 7.98. The standard InChI is InChI=1S/C85H131N19O19S/c1-48(2)34-64(81(121)96-63(77(87)117)23-33-124-9)98-82(122)66(37-55-40-88-47-92-55)95-71(109)42-91-83(123)76(49(3)4)100-78(118)51(6)93-80(120)65(35-52-39-89-62-13-11-10-12-56(52)62)97-79(119)61(86)19-21-69(107)99-68(106)20-14-50(5)58-17-18-59-57-16-15-53-36-54(22-24-84(53,7)60(57)38-67(105)85(58,59)8)94-70(108)41-90-72(110)43-101-25-27-102(44-73(111)112)29-31-104(46-75(115)116)32-30-103(28-26-101)45-74(113)114/h10-13,39-40,47-51,53-54,57-61,63-66,76,89H,14-38,41-46,86H2,1-9H3,(H2,87,117)(H,88,92)(H,90,110)(H,91,123)(H,93,120)(H,94,108)(H,95,109)(H,96,121)(H,97,119)(H,98,122)(H,100,118)(H,111,112)(H,113,114)(H,115,116)(H,99,106,107)/t50-,51+,53-,54+,57+,58-,59+,60+,61+,63+,64+,65+,66+,76+,84+,85-/m1/s1. The minimum Gasteiger partial charge on any atom is -0.480 e. The van der Waals surface area contributed by atoms with Crippen molar-refractivity contribution in [3.05, 3.63) is 54.2 Å². The maximum absolute atomic E-state index is 14.9. The number of aromatic nitrogens is 3. The molecule has 4 aliphatic carbocycles. The average Bonchev–Trinajstić information content (AvgIpc) is 1.25. The number of imidazole rings is 1. The maximum Gasteiger partial charge on any atom is 0.317 e. The Balaban J connectivity index is 0.779. The predicted molar refractivity (Wildman–Crippen MR) is 459 cm³/mol. The number of nitrogens with two attached hydrogens (primary N) is 2. The number of carboxylic acid groups (broad SMARTS) is 3. The third-order valence-corrected chi connectivity index (χ3v) is 26.6. The van der Waals surface area contributed by atoms with Crippen molar-refractivity contribution in [2.45, 2.75) is 206 Å². The summed E-state index contributed by atoms with van der Waals surface area (Å²) in [5, 5.41) is 56.3.